The molecule has 0 unspecified atom stereocenters. The van der Waals surface area contributed by atoms with E-state index in [2.05, 4.69) is 8.37 Å². The molecular weight excluding hydrogens is 208 g/mol. The highest BCUT2D eigenvalue weighted by Crippen LogP contribution is 2.44. The van der Waals surface area contributed by atoms with Gasteiger partial charge in [0, 0.05) is 0 Å². The molecular formula is C7H8N2O4S. The molecule has 1 heterocycles. The molecule has 0 aromatic heterocycles. The summed E-state index contributed by atoms with van der Waals surface area (Å²) in [7, 11) is -4.00. The highest BCUT2D eigenvalue weighted by Gasteiger charge is 2.31. The van der Waals surface area contributed by atoms with Gasteiger partial charge in [-0.25, -0.2) is 0 Å². The SMILES string of the molecule is Cc1cc2c(c(N)c1N)OS(=O)(=O)O2. The van der Waals surface area contributed by atoms with E-state index < -0.39 is 10.4 Å². The molecule has 0 saturated carbocycles. The van der Waals surface area contributed by atoms with Gasteiger partial charge in [0.1, 0.15) is 5.69 Å². The van der Waals surface area contributed by atoms with Crippen molar-refractivity contribution in [2.24, 2.45) is 0 Å². The molecule has 14 heavy (non-hydrogen) atoms. The van der Waals surface area contributed by atoms with Gasteiger partial charge in [-0.15, -0.1) is 8.42 Å². The first-order chi connectivity index (χ1) is 6.41. The fraction of sp³-hybridized carbons (Fsp3) is 0.143. The molecule has 0 saturated heterocycles. The number of nitrogens with two attached hydrogens (primary N) is 2. The molecule has 1 aliphatic heterocycles. The van der Waals surface area contributed by atoms with Crippen LogP contribution in [0.4, 0.5) is 11.4 Å². The molecule has 1 aromatic rings. The van der Waals surface area contributed by atoms with Gasteiger partial charge in [0.25, 0.3) is 0 Å². The number of aryl methyl sites for hydroxylation is 1. The number of fused-ring (bicyclic) bond motifs is 1. The largest absolute Gasteiger partial charge is 0.501 e. The number of benzene rings is 1. The van der Waals surface area contributed by atoms with Crippen LogP contribution in [0.15, 0.2) is 6.07 Å². The Balaban J connectivity index is 2.70. The second-order valence-electron chi connectivity index (χ2n) is 2.92. The molecule has 1 aromatic carbocycles. The lowest BCUT2D eigenvalue weighted by molar-refractivity contribution is 0.437. The minimum Gasteiger partial charge on any atom is -0.397 e. The van der Waals surface area contributed by atoms with E-state index in [9.17, 15) is 8.42 Å². The Hall–Kier alpha value is -1.63. The summed E-state index contributed by atoms with van der Waals surface area (Å²) in [6.45, 7) is 1.69. The lowest BCUT2D eigenvalue weighted by Gasteiger charge is -2.05. The first-order valence-electron chi connectivity index (χ1n) is 3.73. The van der Waals surface area contributed by atoms with E-state index in [4.69, 9.17) is 11.5 Å². The van der Waals surface area contributed by atoms with Crippen molar-refractivity contribution in [2.45, 2.75) is 6.92 Å². The van der Waals surface area contributed by atoms with Crippen molar-refractivity contribution in [3.63, 3.8) is 0 Å². The minimum absolute atomic E-state index is 0.0342. The Bertz CT molecular complexity index is 509. The topological polar surface area (TPSA) is 105 Å². The van der Waals surface area contributed by atoms with Crippen molar-refractivity contribution < 1.29 is 16.8 Å². The molecule has 2 rings (SSSR count). The second kappa shape index (κ2) is 2.44. The maximum absolute atomic E-state index is 10.9. The average molecular weight is 216 g/mol. The third-order valence-electron chi connectivity index (χ3n) is 1.91. The highest BCUT2D eigenvalue weighted by molar-refractivity contribution is 7.82. The molecule has 0 spiro atoms. The van der Waals surface area contributed by atoms with Gasteiger partial charge in [-0.1, -0.05) is 0 Å². The molecule has 7 heteroatoms. The maximum Gasteiger partial charge on any atom is 0.501 e. The fourth-order valence-corrected chi connectivity index (χ4v) is 1.94. The van der Waals surface area contributed by atoms with Crippen molar-refractivity contribution in [1.82, 2.24) is 0 Å². The van der Waals surface area contributed by atoms with Gasteiger partial charge in [0.05, 0.1) is 5.69 Å². The Morgan fingerprint density at radius 3 is 2.50 bits per heavy atom. The second-order valence-corrected chi connectivity index (χ2v) is 4.07. The van der Waals surface area contributed by atoms with E-state index in [1.165, 1.54) is 6.07 Å². The molecule has 0 bridgehead atoms. The van der Waals surface area contributed by atoms with Crippen LogP contribution in [0.3, 0.4) is 0 Å². The van der Waals surface area contributed by atoms with Crippen molar-refractivity contribution >= 4 is 21.8 Å². The normalized spacial score (nSPS) is 16.9. The molecule has 76 valence electrons. The van der Waals surface area contributed by atoms with Crippen molar-refractivity contribution in [3.05, 3.63) is 11.6 Å². The van der Waals surface area contributed by atoms with Gasteiger partial charge >= 0.3 is 10.4 Å². The van der Waals surface area contributed by atoms with Crippen molar-refractivity contribution in [3.8, 4) is 11.5 Å². The van der Waals surface area contributed by atoms with Crippen LogP contribution >= 0.6 is 0 Å². The number of hydrogen-bond donors (Lipinski definition) is 2. The molecule has 0 radical (unpaired) electrons. The molecule has 0 aliphatic carbocycles. The molecule has 0 atom stereocenters. The van der Waals surface area contributed by atoms with E-state index in [0.29, 0.717) is 11.3 Å². The highest BCUT2D eigenvalue weighted by atomic mass is 32.3. The van der Waals surface area contributed by atoms with Crippen LogP contribution in [0.25, 0.3) is 0 Å². The molecule has 6 nitrogen and oxygen atoms in total. The summed E-state index contributed by atoms with van der Waals surface area (Å²) in [5.74, 6) is 0.0438. The third-order valence-corrected chi connectivity index (χ3v) is 2.66. The fourth-order valence-electron chi connectivity index (χ4n) is 1.18. The quantitative estimate of drug-likeness (QED) is 0.599. The molecule has 4 N–H and O–H groups in total. The summed E-state index contributed by atoms with van der Waals surface area (Å²) in [5, 5.41) is 0. The number of rotatable bonds is 0. The van der Waals surface area contributed by atoms with Crippen LogP contribution in [-0.4, -0.2) is 8.42 Å². The van der Waals surface area contributed by atoms with Crippen LogP contribution in [0.1, 0.15) is 5.56 Å². The lowest BCUT2D eigenvalue weighted by atomic mass is 10.1. The summed E-state index contributed by atoms with van der Waals surface area (Å²) in [6.07, 6.45) is 0. The van der Waals surface area contributed by atoms with Crippen molar-refractivity contribution in [2.75, 3.05) is 11.5 Å². The van der Waals surface area contributed by atoms with E-state index in [0.717, 1.165) is 0 Å². The zero-order valence-electron chi connectivity index (χ0n) is 7.27. The van der Waals surface area contributed by atoms with Crippen molar-refractivity contribution in [1.29, 1.82) is 0 Å². The molecule has 0 fully saturated rings. The standard InChI is InChI=1S/C7H8N2O4S/c1-3-2-4-7(6(9)5(3)8)13-14(10,11)12-4/h2H,8-9H2,1H3. The number of hydrogen-bond acceptors (Lipinski definition) is 6. The first-order valence-corrected chi connectivity index (χ1v) is 5.06. The van der Waals surface area contributed by atoms with Crippen LogP contribution in [-0.2, 0) is 10.4 Å². The first kappa shape index (κ1) is 8.95. The summed E-state index contributed by atoms with van der Waals surface area (Å²) < 4.78 is 30.9. The summed E-state index contributed by atoms with van der Waals surface area (Å²) >= 11 is 0. The lowest BCUT2D eigenvalue weighted by Crippen LogP contribution is -2.08. The smallest absolute Gasteiger partial charge is 0.397 e. The van der Waals surface area contributed by atoms with E-state index in [1.54, 1.807) is 6.92 Å². The Labute approximate surface area is 80.7 Å². The van der Waals surface area contributed by atoms with Crippen LogP contribution < -0.4 is 19.8 Å². The zero-order valence-corrected chi connectivity index (χ0v) is 8.09. The number of anilines is 2. The van der Waals surface area contributed by atoms with E-state index >= 15 is 0 Å². The molecule has 1 aliphatic rings. The van der Waals surface area contributed by atoms with Gasteiger partial charge in [0.15, 0.2) is 5.75 Å². The van der Waals surface area contributed by atoms with Crippen LogP contribution in [0.5, 0.6) is 11.5 Å². The maximum atomic E-state index is 10.9. The predicted molar refractivity (Wildman–Crippen MR) is 50.2 cm³/mol. The van der Waals surface area contributed by atoms with Gasteiger partial charge in [-0.05, 0) is 18.6 Å². The predicted octanol–water partition coefficient (Wildman–Crippen LogP) is 0.175. The minimum atomic E-state index is -4.00. The summed E-state index contributed by atoms with van der Waals surface area (Å²) in [5.41, 5.74) is 12.2. The number of nitrogen functional groups attached to an aromatic ring is 2. The van der Waals surface area contributed by atoms with E-state index in [-0.39, 0.29) is 17.2 Å². The van der Waals surface area contributed by atoms with Crippen LogP contribution in [0, 0.1) is 6.92 Å². The van der Waals surface area contributed by atoms with Crippen LogP contribution in [0.2, 0.25) is 0 Å². The van der Waals surface area contributed by atoms with Gasteiger partial charge in [-0.2, -0.15) is 0 Å². The van der Waals surface area contributed by atoms with E-state index in [1.807, 2.05) is 0 Å². The summed E-state index contributed by atoms with van der Waals surface area (Å²) in [6, 6.07) is 1.46. The molecule has 0 amide bonds. The Kier molecular flexibility index (Phi) is 1.56. The Morgan fingerprint density at radius 1 is 1.21 bits per heavy atom. The average Bonchev–Trinajstić information content (AvgIpc) is 2.37. The van der Waals surface area contributed by atoms with Gasteiger partial charge in [-0.3, -0.25) is 0 Å². The monoisotopic (exact) mass is 216 g/mol. The van der Waals surface area contributed by atoms with Gasteiger partial charge < -0.3 is 19.8 Å². The van der Waals surface area contributed by atoms with Gasteiger partial charge in [0.2, 0.25) is 5.75 Å². The zero-order chi connectivity index (χ0) is 10.5. The summed E-state index contributed by atoms with van der Waals surface area (Å²) in [4.78, 5) is 0. The third kappa shape index (κ3) is 1.13. The Morgan fingerprint density at radius 2 is 1.86 bits per heavy atom.